The van der Waals surface area contributed by atoms with Crippen LogP contribution in [0, 0.1) is 0 Å². The summed E-state index contributed by atoms with van der Waals surface area (Å²) >= 11 is 0. The number of pyridine rings is 1. The summed E-state index contributed by atoms with van der Waals surface area (Å²) in [6.07, 6.45) is 5.15. The molecular formula is C14H21N3O. The van der Waals surface area contributed by atoms with Crippen molar-refractivity contribution in [1.82, 2.24) is 4.98 Å². The predicted octanol–water partition coefficient (Wildman–Crippen LogP) is 1.88. The molecule has 0 fully saturated rings. The van der Waals surface area contributed by atoms with Gasteiger partial charge in [0, 0.05) is 32.4 Å². The number of rotatable bonds is 4. The molecule has 2 heterocycles. The van der Waals surface area contributed by atoms with Crippen molar-refractivity contribution in [2.24, 2.45) is 5.73 Å². The van der Waals surface area contributed by atoms with E-state index in [9.17, 15) is 0 Å². The maximum atomic E-state index is 5.82. The zero-order valence-electron chi connectivity index (χ0n) is 11.1. The number of anilines is 1. The Morgan fingerprint density at radius 3 is 2.83 bits per heavy atom. The Hall–Kier alpha value is -1.39. The average molecular weight is 247 g/mol. The second kappa shape index (κ2) is 5.98. The van der Waals surface area contributed by atoms with Gasteiger partial charge in [-0.25, -0.2) is 4.98 Å². The van der Waals surface area contributed by atoms with E-state index < -0.39 is 0 Å². The minimum atomic E-state index is 0.0427. The quantitative estimate of drug-likeness (QED) is 0.825. The summed E-state index contributed by atoms with van der Waals surface area (Å²) < 4.78 is 5.15. The summed E-state index contributed by atoms with van der Waals surface area (Å²) in [7, 11) is 1.74. The van der Waals surface area contributed by atoms with Gasteiger partial charge in [-0.3, -0.25) is 0 Å². The van der Waals surface area contributed by atoms with Gasteiger partial charge in [-0.1, -0.05) is 12.1 Å². The fraction of sp³-hybridized carbons (Fsp3) is 0.500. The van der Waals surface area contributed by atoms with Crippen molar-refractivity contribution in [2.75, 3.05) is 31.7 Å². The molecule has 1 aliphatic rings. The number of methoxy groups -OCH3 is 1. The molecule has 0 spiro atoms. The van der Waals surface area contributed by atoms with Gasteiger partial charge in [0.2, 0.25) is 0 Å². The highest BCUT2D eigenvalue weighted by atomic mass is 16.5. The molecular weight excluding hydrogens is 226 g/mol. The fourth-order valence-electron chi connectivity index (χ4n) is 2.09. The molecule has 0 amide bonds. The Balaban J connectivity index is 2.01. The summed E-state index contributed by atoms with van der Waals surface area (Å²) in [4.78, 5) is 6.75. The van der Waals surface area contributed by atoms with Crippen LogP contribution in [0.3, 0.4) is 0 Å². The Morgan fingerprint density at radius 2 is 2.33 bits per heavy atom. The van der Waals surface area contributed by atoms with E-state index >= 15 is 0 Å². The number of aromatic nitrogens is 1. The third-order valence-electron chi connectivity index (χ3n) is 3.25. The van der Waals surface area contributed by atoms with Crippen LogP contribution in [-0.4, -0.2) is 31.8 Å². The zero-order chi connectivity index (χ0) is 13.0. The smallest absolute Gasteiger partial charge is 0.128 e. The molecule has 4 heteroatoms. The molecule has 1 aromatic rings. The van der Waals surface area contributed by atoms with E-state index in [1.807, 2.05) is 19.2 Å². The first-order chi connectivity index (χ1) is 8.70. The second-order valence-electron chi connectivity index (χ2n) is 4.73. The minimum Gasteiger partial charge on any atom is -0.380 e. The van der Waals surface area contributed by atoms with E-state index in [0.717, 1.165) is 37.5 Å². The minimum absolute atomic E-state index is 0.0427. The molecule has 4 nitrogen and oxygen atoms in total. The van der Waals surface area contributed by atoms with Crippen LogP contribution in [0.1, 0.15) is 24.9 Å². The lowest BCUT2D eigenvalue weighted by molar-refractivity contribution is 0.222. The summed E-state index contributed by atoms with van der Waals surface area (Å²) in [5.74, 6) is 1.02. The van der Waals surface area contributed by atoms with Crippen molar-refractivity contribution in [2.45, 2.75) is 19.4 Å². The molecule has 0 aliphatic carbocycles. The van der Waals surface area contributed by atoms with Crippen LogP contribution in [0.15, 0.2) is 30.0 Å². The number of nitrogens with zero attached hydrogens (tertiary/aromatic N) is 2. The van der Waals surface area contributed by atoms with Crippen molar-refractivity contribution < 1.29 is 4.74 Å². The maximum absolute atomic E-state index is 5.82. The van der Waals surface area contributed by atoms with Gasteiger partial charge in [-0.2, -0.15) is 0 Å². The Kier molecular flexibility index (Phi) is 4.33. The fourth-order valence-corrected chi connectivity index (χ4v) is 2.09. The molecule has 1 aromatic heterocycles. The molecule has 1 aliphatic heterocycles. The van der Waals surface area contributed by atoms with Crippen molar-refractivity contribution in [3.8, 4) is 0 Å². The molecule has 18 heavy (non-hydrogen) atoms. The molecule has 0 radical (unpaired) electrons. The maximum Gasteiger partial charge on any atom is 0.128 e. The molecule has 1 atom stereocenters. The number of hydrogen-bond acceptors (Lipinski definition) is 4. The summed E-state index contributed by atoms with van der Waals surface area (Å²) in [6.45, 7) is 4.62. The third-order valence-corrected chi connectivity index (χ3v) is 3.25. The normalized spacial score (nSPS) is 17.5. The third kappa shape index (κ3) is 3.09. The highest BCUT2D eigenvalue weighted by Gasteiger charge is 2.13. The van der Waals surface area contributed by atoms with E-state index in [-0.39, 0.29) is 6.04 Å². The molecule has 2 N–H and O–H groups in total. The highest BCUT2D eigenvalue weighted by molar-refractivity contribution is 5.42. The van der Waals surface area contributed by atoms with Gasteiger partial charge in [-0.15, -0.1) is 0 Å². The summed E-state index contributed by atoms with van der Waals surface area (Å²) in [5.41, 5.74) is 8.27. The van der Waals surface area contributed by atoms with E-state index in [1.165, 1.54) is 5.57 Å². The first-order valence-electron chi connectivity index (χ1n) is 6.34. The van der Waals surface area contributed by atoms with Crippen LogP contribution in [0.4, 0.5) is 5.82 Å². The van der Waals surface area contributed by atoms with E-state index in [0.29, 0.717) is 0 Å². The van der Waals surface area contributed by atoms with Gasteiger partial charge in [0.15, 0.2) is 0 Å². The molecule has 0 saturated carbocycles. The molecule has 98 valence electrons. The van der Waals surface area contributed by atoms with Crippen molar-refractivity contribution in [3.63, 3.8) is 0 Å². The van der Waals surface area contributed by atoms with Crippen molar-refractivity contribution in [1.29, 1.82) is 0 Å². The van der Waals surface area contributed by atoms with Crippen LogP contribution < -0.4 is 10.6 Å². The van der Waals surface area contributed by atoms with Crippen molar-refractivity contribution >= 4 is 5.82 Å². The number of nitrogens with two attached hydrogens (primary N) is 1. The van der Waals surface area contributed by atoms with Gasteiger partial charge in [0.05, 0.1) is 6.61 Å². The summed E-state index contributed by atoms with van der Waals surface area (Å²) in [6, 6.07) is 4.15. The second-order valence-corrected chi connectivity index (χ2v) is 4.73. The molecule has 2 rings (SSSR count). The van der Waals surface area contributed by atoms with Gasteiger partial charge < -0.3 is 15.4 Å². The average Bonchev–Trinajstić information content (AvgIpc) is 2.40. The van der Waals surface area contributed by atoms with E-state index in [4.69, 9.17) is 10.5 Å². The highest BCUT2D eigenvalue weighted by Crippen LogP contribution is 2.19. The molecule has 0 bridgehead atoms. The molecule has 0 unspecified atom stereocenters. The lowest BCUT2D eigenvalue weighted by Crippen LogP contribution is -2.30. The van der Waals surface area contributed by atoms with Gasteiger partial charge in [0.25, 0.3) is 0 Å². The van der Waals surface area contributed by atoms with Crippen LogP contribution in [0.2, 0.25) is 0 Å². The predicted molar refractivity (Wildman–Crippen MR) is 73.6 cm³/mol. The monoisotopic (exact) mass is 247 g/mol. The lowest BCUT2D eigenvalue weighted by Gasteiger charge is -2.27. The largest absolute Gasteiger partial charge is 0.380 e. The molecule has 0 aromatic carbocycles. The first-order valence-corrected chi connectivity index (χ1v) is 6.34. The zero-order valence-corrected chi connectivity index (χ0v) is 11.1. The topological polar surface area (TPSA) is 51.4 Å². The van der Waals surface area contributed by atoms with Gasteiger partial charge >= 0.3 is 0 Å². The molecule has 0 saturated heterocycles. The van der Waals surface area contributed by atoms with Gasteiger partial charge in [0.1, 0.15) is 5.82 Å². The van der Waals surface area contributed by atoms with Crippen LogP contribution >= 0.6 is 0 Å². The Labute approximate surface area is 108 Å². The van der Waals surface area contributed by atoms with E-state index in [2.05, 4.69) is 22.0 Å². The van der Waals surface area contributed by atoms with Crippen molar-refractivity contribution in [3.05, 3.63) is 35.5 Å². The van der Waals surface area contributed by atoms with Gasteiger partial charge in [-0.05, 0) is 30.5 Å². The Morgan fingerprint density at radius 1 is 1.50 bits per heavy atom. The van der Waals surface area contributed by atoms with Crippen LogP contribution in [0.25, 0.3) is 0 Å². The first kappa shape index (κ1) is 13.1. The SMILES string of the molecule is COCC1=CCN(c2ccc([C@H](C)N)cn2)CC1. The van der Waals surface area contributed by atoms with Crippen LogP contribution in [-0.2, 0) is 4.74 Å². The standard InChI is InChI=1S/C14H21N3O/c1-11(15)13-3-4-14(16-9-13)17-7-5-12(6-8-17)10-18-2/h3-5,9,11H,6-8,10,15H2,1-2H3/t11-/m0/s1. The lowest BCUT2D eigenvalue weighted by atomic mass is 10.1. The van der Waals surface area contributed by atoms with Crippen LogP contribution in [0.5, 0.6) is 0 Å². The number of ether oxygens (including phenoxy) is 1. The Bertz CT molecular complexity index is 412. The van der Waals surface area contributed by atoms with E-state index in [1.54, 1.807) is 7.11 Å². The number of hydrogen-bond donors (Lipinski definition) is 1. The summed E-state index contributed by atoms with van der Waals surface area (Å²) in [5, 5.41) is 0.